The van der Waals surface area contributed by atoms with Crippen molar-refractivity contribution in [1.29, 1.82) is 0 Å². The molecule has 0 fully saturated rings. The molecule has 0 aromatic heterocycles. The first-order valence-corrected chi connectivity index (χ1v) is 5.19. The molecule has 0 aliphatic heterocycles. The van der Waals surface area contributed by atoms with Crippen molar-refractivity contribution >= 4 is 11.9 Å². The number of ether oxygens (including phenoxy) is 1. The molecule has 0 aromatic rings. The van der Waals surface area contributed by atoms with Crippen molar-refractivity contribution in [3.63, 3.8) is 0 Å². The third-order valence-corrected chi connectivity index (χ3v) is 1.95. The van der Waals surface area contributed by atoms with E-state index in [-0.39, 0.29) is 25.2 Å². The second-order valence-corrected chi connectivity index (χ2v) is 3.64. The average Bonchev–Trinajstić information content (AvgIpc) is 2.17. The number of nitrogens with zero attached hydrogens (tertiary/aromatic N) is 1. The molecule has 0 spiro atoms. The van der Waals surface area contributed by atoms with Crippen molar-refractivity contribution in [2.45, 2.75) is 26.3 Å². The summed E-state index contributed by atoms with van der Waals surface area (Å²) in [7, 11) is 0. The van der Waals surface area contributed by atoms with Gasteiger partial charge in [-0.25, -0.2) is 4.79 Å². The Labute approximate surface area is 94.8 Å². The van der Waals surface area contributed by atoms with Crippen molar-refractivity contribution in [3.05, 3.63) is 0 Å². The van der Waals surface area contributed by atoms with Gasteiger partial charge in [-0.05, 0) is 20.3 Å². The standard InChI is InChI=1S/C10H19NO5/c1-8(2)11(4-3-5-12)9(13)6-16-7-10(14)15/h8,12H,3-7H2,1-2H3,(H,14,15). The molecule has 0 aliphatic carbocycles. The Hall–Kier alpha value is -1.14. The highest BCUT2D eigenvalue weighted by Gasteiger charge is 2.16. The van der Waals surface area contributed by atoms with Gasteiger partial charge in [-0.15, -0.1) is 0 Å². The quantitative estimate of drug-likeness (QED) is 0.601. The van der Waals surface area contributed by atoms with E-state index in [9.17, 15) is 9.59 Å². The number of carboxylic acids is 1. The first-order chi connectivity index (χ1) is 7.49. The Morgan fingerprint density at radius 2 is 1.94 bits per heavy atom. The van der Waals surface area contributed by atoms with Crippen LogP contribution in [0, 0.1) is 0 Å². The highest BCUT2D eigenvalue weighted by molar-refractivity contribution is 5.78. The molecule has 1 amide bonds. The van der Waals surface area contributed by atoms with Crippen LogP contribution < -0.4 is 0 Å². The highest BCUT2D eigenvalue weighted by Crippen LogP contribution is 2.01. The lowest BCUT2D eigenvalue weighted by Crippen LogP contribution is -2.40. The summed E-state index contributed by atoms with van der Waals surface area (Å²) in [6.45, 7) is 3.46. The molecule has 0 atom stereocenters. The van der Waals surface area contributed by atoms with Crippen LogP contribution in [0.25, 0.3) is 0 Å². The molecule has 0 aliphatic rings. The molecular weight excluding hydrogens is 214 g/mol. The fourth-order valence-electron chi connectivity index (χ4n) is 1.22. The van der Waals surface area contributed by atoms with Crippen molar-refractivity contribution in [2.75, 3.05) is 26.4 Å². The number of amides is 1. The summed E-state index contributed by atoms with van der Waals surface area (Å²) < 4.78 is 4.71. The molecule has 6 nitrogen and oxygen atoms in total. The minimum absolute atomic E-state index is 0.00692. The van der Waals surface area contributed by atoms with Crippen molar-refractivity contribution < 1.29 is 24.5 Å². The molecular formula is C10H19NO5. The topological polar surface area (TPSA) is 87.1 Å². The number of hydrogen-bond acceptors (Lipinski definition) is 4. The predicted octanol–water partition coefficient (Wildman–Crippen LogP) is -0.293. The molecule has 6 heteroatoms. The Morgan fingerprint density at radius 1 is 1.31 bits per heavy atom. The van der Waals surface area contributed by atoms with Gasteiger partial charge in [0.2, 0.25) is 5.91 Å². The Morgan fingerprint density at radius 3 is 2.38 bits per heavy atom. The number of carbonyl (C=O) groups excluding carboxylic acids is 1. The van der Waals surface area contributed by atoms with Gasteiger partial charge < -0.3 is 19.8 Å². The number of aliphatic hydroxyl groups is 1. The van der Waals surface area contributed by atoms with Gasteiger partial charge in [-0.2, -0.15) is 0 Å². The summed E-state index contributed by atoms with van der Waals surface area (Å²) in [5.74, 6) is -1.36. The fraction of sp³-hybridized carbons (Fsp3) is 0.800. The van der Waals surface area contributed by atoms with Crippen LogP contribution >= 0.6 is 0 Å². The van der Waals surface area contributed by atoms with Gasteiger partial charge in [0.25, 0.3) is 0 Å². The molecule has 0 aromatic carbocycles. The molecule has 0 unspecified atom stereocenters. The lowest BCUT2D eigenvalue weighted by Gasteiger charge is -2.26. The van der Waals surface area contributed by atoms with Crippen LogP contribution in [-0.4, -0.2) is 59.4 Å². The lowest BCUT2D eigenvalue weighted by atomic mass is 10.3. The monoisotopic (exact) mass is 233 g/mol. The van der Waals surface area contributed by atoms with E-state index in [1.165, 1.54) is 0 Å². The summed E-state index contributed by atoms with van der Waals surface area (Å²) >= 11 is 0. The van der Waals surface area contributed by atoms with Gasteiger partial charge in [-0.1, -0.05) is 0 Å². The van der Waals surface area contributed by atoms with Crippen LogP contribution in [0.1, 0.15) is 20.3 Å². The average molecular weight is 233 g/mol. The van der Waals surface area contributed by atoms with E-state index in [0.29, 0.717) is 13.0 Å². The maximum absolute atomic E-state index is 11.6. The van der Waals surface area contributed by atoms with Gasteiger partial charge in [0.15, 0.2) is 0 Å². The van der Waals surface area contributed by atoms with Crippen LogP contribution in [-0.2, 0) is 14.3 Å². The third kappa shape index (κ3) is 6.36. The minimum Gasteiger partial charge on any atom is -0.480 e. The summed E-state index contributed by atoms with van der Waals surface area (Å²) in [5.41, 5.74) is 0. The molecule has 0 radical (unpaired) electrons. The van der Waals surface area contributed by atoms with Crippen LogP contribution in [0.2, 0.25) is 0 Å². The third-order valence-electron chi connectivity index (χ3n) is 1.95. The maximum atomic E-state index is 11.6. The fourth-order valence-corrected chi connectivity index (χ4v) is 1.22. The van der Waals surface area contributed by atoms with E-state index >= 15 is 0 Å². The molecule has 0 heterocycles. The number of aliphatic carboxylic acids is 1. The first-order valence-electron chi connectivity index (χ1n) is 5.19. The maximum Gasteiger partial charge on any atom is 0.329 e. The number of carbonyl (C=O) groups is 2. The van der Waals surface area contributed by atoms with E-state index in [2.05, 4.69) is 0 Å². The van der Waals surface area contributed by atoms with Gasteiger partial charge >= 0.3 is 5.97 Å². The zero-order valence-electron chi connectivity index (χ0n) is 9.68. The van der Waals surface area contributed by atoms with E-state index < -0.39 is 12.6 Å². The molecule has 0 bridgehead atoms. The van der Waals surface area contributed by atoms with Crippen LogP contribution in [0.3, 0.4) is 0 Å². The molecule has 94 valence electrons. The van der Waals surface area contributed by atoms with Gasteiger partial charge in [-0.3, -0.25) is 4.79 Å². The summed E-state index contributed by atoms with van der Waals surface area (Å²) in [4.78, 5) is 23.3. The molecule has 0 rings (SSSR count). The SMILES string of the molecule is CC(C)N(CCCO)C(=O)COCC(=O)O. The lowest BCUT2D eigenvalue weighted by molar-refractivity contribution is -0.146. The number of carboxylic acid groups (broad SMARTS) is 1. The molecule has 0 saturated heterocycles. The van der Waals surface area contributed by atoms with Crippen molar-refractivity contribution in [1.82, 2.24) is 4.90 Å². The second kappa shape index (κ2) is 8.06. The zero-order valence-corrected chi connectivity index (χ0v) is 9.68. The van der Waals surface area contributed by atoms with Gasteiger partial charge in [0, 0.05) is 19.2 Å². The number of rotatable bonds is 8. The van der Waals surface area contributed by atoms with E-state index in [1.54, 1.807) is 4.90 Å². The van der Waals surface area contributed by atoms with Crippen LogP contribution in [0.15, 0.2) is 0 Å². The predicted molar refractivity (Wildman–Crippen MR) is 57.0 cm³/mol. The van der Waals surface area contributed by atoms with E-state index in [4.69, 9.17) is 14.9 Å². The molecule has 16 heavy (non-hydrogen) atoms. The number of hydrogen-bond donors (Lipinski definition) is 2. The first kappa shape index (κ1) is 14.9. The van der Waals surface area contributed by atoms with Crippen molar-refractivity contribution in [2.24, 2.45) is 0 Å². The Kier molecular flexibility index (Phi) is 7.49. The van der Waals surface area contributed by atoms with Gasteiger partial charge in [0.05, 0.1) is 0 Å². The summed E-state index contributed by atoms with van der Waals surface area (Å²) in [6.07, 6.45) is 0.503. The van der Waals surface area contributed by atoms with E-state index in [0.717, 1.165) is 0 Å². The Bertz CT molecular complexity index is 229. The summed E-state index contributed by atoms with van der Waals surface area (Å²) in [6, 6.07) is 0.00692. The molecule has 2 N–H and O–H groups in total. The van der Waals surface area contributed by atoms with Crippen LogP contribution in [0.5, 0.6) is 0 Å². The zero-order chi connectivity index (χ0) is 12.6. The van der Waals surface area contributed by atoms with Crippen molar-refractivity contribution in [3.8, 4) is 0 Å². The largest absolute Gasteiger partial charge is 0.480 e. The Balaban J connectivity index is 4.01. The van der Waals surface area contributed by atoms with E-state index in [1.807, 2.05) is 13.8 Å². The minimum atomic E-state index is -1.10. The normalized spacial score (nSPS) is 10.5. The summed E-state index contributed by atoms with van der Waals surface area (Å²) in [5, 5.41) is 17.0. The highest BCUT2D eigenvalue weighted by atomic mass is 16.5. The van der Waals surface area contributed by atoms with Crippen LogP contribution in [0.4, 0.5) is 0 Å². The second-order valence-electron chi connectivity index (χ2n) is 3.64. The number of aliphatic hydroxyl groups excluding tert-OH is 1. The van der Waals surface area contributed by atoms with Gasteiger partial charge in [0.1, 0.15) is 13.2 Å². The smallest absolute Gasteiger partial charge is 0.329 e. The molecule has 0 saturated carbocycles.